The summed E-state index contributed by atoms with van der Waals surface area (Å²) in [4.78, 5) is 20.6. The number of methoxy groups -OCH3 is 1. The van der Waals surface area contributed by atoms with Crippen LogP contribution in [-0.2, 0) is 11.2 Å². The van der Waals surface area contributed by atoms with Gasteiger partial charge in [-0.2, -0.15) is 0 Å². The van der Waals surface area contributed by atoms with E-state index in [2.05, 4.69) is 35.7 Å². The van der Waals surface area contributed by atoms with Crippen molar-refractivity contribution in [3.05, 3.63) is 30.0 Å². The van der Waals surface area contributed by atoms with Crippen LogP contribution in [0, 0.1) is 5.92 Å². The molecule has 1 aliphatic heterocycles. The topological polar surface area (TPSA) is 48.6 Å². The molecule has 0 aliphatic carbocycles. The number of amides is 1. The van der Waals surface area contributed by atoms with Gasteiger partial charge in [-0.15, -0.1) is 0 Å². The van der Waals surface area contributed by atoms with Gasteiger partial charge < -0.3 is 19.5 Å². The fourth-order valence-corrected chi connectivity index (χ4v) is 3.53. The number of nitrogens with one attached hydrogen (secondary N) is 1. The van der Waals surface area contributed by atoms with Crippen molar-refractivity contribution in [2.45, 2.75) is 26.3 Å². The lowest BCUT2D eigenvalue weighted by Crippen LogP contribution is -2.56. The van der Waals surface area contributed by atoms with Gasteiger partial charge in [-0.25, -0.2) is 0 Å². The van der Waals surface area contributed by atoms with E-state index in [1.165, 1.54) is 0 Å². The van der Waals surface area contributed by atoms with Crippen LogP contribution < -0.4 is 4.74 Å². The summed E-state index contributed by atoms with van der Waals surface area (Å²) in [6.45, 7) is 7.09. The molecule has 130 valence electrons. The van der Waals surface area contributed by atoms with Crippen LogP contribution in [0.1, 0.15) is 19.4 Å². The van der Waals surface area contributed by atoms with Crippen molar-refractivity contribution in [2.75, 3.05) is 33.8 Å². The van der Waals surface area contributed by atoms with Crippen LogP contribution >= 0.6 is 0 Å². The highest BCUT2D eigenvalue weighted by molar-refractivity contribution is 5.90. The minimum Gasteiger partial charge on any atom is -0.497 e. The smallest absolute Gasteiger partial charge is 0.227 e. The van der Waals surface area contributed by atoms with E-state index in [1.54, 1.807) is 7.11 Å². The third-order valence-electron chi connectivity index (χ3n) is 5.03. The quantitative estimate of drug-likeness (QED) is 0.938. The van der Waals surface area contributed by atoms with Gasteiger partial charge in [0.2, 0.25) is 5.91 Å². The largest absolute Gasteiger partial charge is 0.497 e. The Bertz CT molecular complexity index is 722. The molecule has 1 N–H and O–H groups in total. The molecule has 1 atom stereocenters. The summed E-state index contributed by atoms with van der Waals surface area (Å²) >= 11 is 0. The Hall–Kier alpha value is -2.01. The molecule has 0 bridgehead atoms. The number of carbonyl (C=O) groups excluding carboxylic acids is 1. The molecule has 0 spiro atoms. The Kier molecular flexibility index (Phi) is 4.81. The highest BCUT2D eigenvalue weighted by Crippen LogP contribution is 2.25. The standard InChI is InChI=1S/C19H27N3O2/c1-13(2)18-12-21(3)7-8-22(18)19(23)9-14-11-20-17-6-5-15(24-4)10-16(14)17/h5-6,10-11,13,18,20H,7-9,12H2,1-4H3. The summed E-state index contributed by atoms with van der Waals surface area (Å²) in [5.41, 5.74) is 2.08. The number of aromatic nitrogens is 1. The van der Waals surface area contributed by atoms with E-state index in [0.29, 0.717) is 12.3 Å². The average molecular weight is 329 g/mol. The Morgan fingerprint density at radius 1 is 1.38 bits per heavy atom. The molecule has 0 saturated carbocycles. The van der Waals surface area contributed by atoms with Crippen LogP contribution in [0.4, 0.5) is 0 Å². The van der Waals surface area contributed by atoms with Crippen LogP contribution in [0.15, 0.2) is 24.4 Å². The van der Waals surface area contributed by atoms with Gasteiger partial charge in [0.15, 0.2) is 0 Å². The number of carbonyl (C=O) groups is 1. The predicted octanol–water partition coefficient (Wildman–Crippen LogP) is 2.52. The van der Waals surface area contributed by atoms with Crippen molar-refractivity contribution in [3.63, 3.8) is 0 Å². The number of likely N-dealkylation sites (N-methyl/N-ethyl adjacent to an activating group) is 1. The molecule has 24 heavy (non-hydrogen) atoms. The number of piperazine rings is 1. The number of rotatable bonds is 4. The first-order chi connectivity index (χ1) is 11.5. The van der Waals surface area contributed by atoms with Crippen LogP contribution in [0.5, 0.6) is 5.75 Å². The maximum Gasteiger partial charge on any atom is 0.227 e. The molecule has 1 unspecified atom stereocenters. The van der Waals surface area contributed by atoms with Crippen molar-refractivity contribution in [2.24, 2.45) is 5.92 Å². The van der Waals surface area contributed by atoms with Crippen LogP contribution in [0.2, 0.25) is 0 Å². The normalized spacial score (nSPS) is 19.2. The van der Waals surface area contributed by atoms with Gasteiger partial charge in [0.25, 0.3) is 0 Å². The van der Waals surface area contributed by atoms with Crippen molar-refractivity contribution in [1.82, 2.24) is 14.8 Å². The molecule has 1 aliphatic rings. The lowest BCUT2D eigenvalue weighted by Gasteiger charge is -2.42. The third-order valence-corrected chi connectivity index (χ3v) is 5.03. The number of hydrogen-bond donors (Lipinski definition) is 1. The molecule has 2 heterocycles. The van der Waals surface area contributed by atoms with E-state index in [0.717, 1.165) is 41.9 Å². The molecule has 1 fully saturated rings. The molecule has 1 aromatic carbocycles. The minimum atomic E-state index is 0.213. The van der Waals surface area contributed by atoms with Gasteiger partial charge in [-0.1, -0.05) is 13.8 Å². The summed E-state index contributed by atoms with van der Waals surface area (Å²) in [5, 5.41) is 1.07. The zero-order valence-corrected chi connectivity index (χ0v) is 15.0. The predicted molar refractivity (Wildman–Crippen MR) is 96.4 cm³/mol. The van der Waals surface area contributed by atoms with E-state index in [4.69, 9.17) is 4.74 Å². The van der Waals surface area contributed by atoms with Crippen LogP contribution in [0.3, 0.4) is 0 Å². The van der Waals surface area contributed by atoms with Crippen LogP contribution in [-0.4, -0.2) is 60.5 Å². The van der Waals surface area contributed by atoms with Crippen molar-refractivity contribution in [3.8, 4) is 5.75 Å². The van der Waals surface area contributed by atoms with E-state index in [-0.39, 0.29) is 11.9 Å². The van der Waals surface area contributed by atoms with Gasteiger partial charge in [0, 0.05) is 42.8 Å². The van der Waals surface area contributed by atoms with Gasteiger partial charge in [-0.3, -0.25) is 4.79 Å². The molecule has 5 heteroatoms. The molecule has 5 nitrogen and oxygen atoms in total. The summed E-state index contributed by atoms with van der Waals surface area (Å²) < 4.78 is 5.31. The van der Waals surface area contributed by atoms with E-state index < -0.39 is 0 Å². The maximum absolute atomic E-state index is 12.9. The molecule has 1 amide bonds. The number of nitrogens with zero attached hydrogens (tertiary/aromatic N) is 2. The van der Waals surface area contributed by atoms with E-state index in [9.17, 15) is 4.79 Å². The van der Waals surface area contributed by atoms with Gasteiger partial charge in [0.05, 0.1) is 13.5 Å². The Morgan fingerprint density at radius 3 is 2.88 bits per heavy atom. The third kappa shape index (κ3) is 3.26. The summed E-state index contributed by atoms with van der Waals surface area (Å²) in [7, 11) is 3.79. The second kappa shape index (κ2) is 6.85. The molecule has 1 saturated heterocycles. The van der Waals surface area contributed by atoms with Crippen molar-refractivity contribution >= 4 is 16.8 Å². The van der Waals surface area contributed by atoms with Gasteiger partial charge >= 0.3 is 0 Å². The molecular formula is C19H27N3O2. The van der Waals surface area contributed by atoms with Crippen molar-refractivity contribution < 1.29 is 9.53 Å². The SMILES string of the molecule is COc1ccc2[nH]cc(CC(=O)N3CCN(C)CC3C(C)C)c2c1. The van der Waals surface area contributed by atoms with E-state index in [1.807, 2.05) is 24.4 Å². The number of fused-ring (bicyclic) bond motifs is 1. The van der Waals surface area contributed by atoms with E-state index >= 15 is 0 Å². The lowest BCUT2D eigenvalue weighted by atomic mass is 9.98. The molecule has 2 aromatic rings. The number of aromatic amines is 1. The van der Waals surface area contributed by atoms with Crippen LogP contribution in [0.25, 0.3) is 10.9 Å². The second-order valence-corrected chi connectivity index (χ2v) is 7.06. The average Bonchev–Trinajstić information content (AvgIpc) is 2.96. The molecule has 0 radical (unpaired) electrons. The maximum atomic E-state index is 12.9. The monoisotopic (exact) mass is 329 g/mol. The highest BCUT2D eigenvalue weighted by Gasteiger charge is 2.31. The fraction of sp³-hybridized carbons (Fsp3) is 0.526. The first-order valence-electron chi connectivity index (χ1n) is 8.61. The zero-order valence-electron chi connectivity index (χ0n) is 15.0. The zero-order chi connectivity index (χ0) is 17.3. The van der Waals surface area contributed by atoms with Crippen molar-refractivity contribution in [1.29, 1.82) is 0 Å². The summed E-state index contributed by atoms with van der Waals surface area (Å²) in [6.07, 6.45) is 2.38. The lowest BCUT2D eigenvalue weighted by molar-refractivity contribution is -0.136. The first kappa shape index (κ1) is 16.8. The minimum absolute atomic E-state index is 0.213. The van der Waals surface area contributed by atoms with Gasteiger partial charge in [-0.05, 0) is 36.7 Å². The molecule has 3 rings (SSSR count). The number of hydrogen-bond acceptors (Lipinski definition) is 3. The number of H-pyrrole nitrogens is 1. The Balaban J connectivity index is 1.81. The molecular weight excluding hydrogens is 302 g/mol. The Labute approximate surface area is 143 Å². The highest BCUT2D eigenvalue weighted by atomic mass is 16.5. The second-order valence-electron chi connectivity index (χ2n) is 7.06. The molecule has 1 aromatic heterocycles. The summed E-state index contributed by atoms with van der Waals surface area (Å²) in [5.74, 6) is 1.49. The number of benzene rings is 1. The Morgan fingerprint density at radius 2 is 2.17 bits per heavy atom. The summed E-state index contributed by atoms with van der Waals surface area (Å²) in [6, 6.07) is 6.21. The number of ether oxygens (including phenoxy) is 1. The fourth-order valence-electron chi connectivity index (χ4n) is 3.53. The first-order valence-corrected chi connectivity index (χ1v) is 8.61. The van der Waals surface area contributed by atoms with Gasteiger partial charge in [0.1, 0.15) is 5.75 Å².